The zero-order valence-electron chi connectivity index (χ0n) is 20.0. The lowest BCUT2D eigenvalue weighted by molar-refractivity contribution is -0.132. The van der Waals surface area contributed by atoms with E-state index in [2.05, 4.69) is 0 Å². The van der Waals surface area contributed by atoms with Crippen molar-refractivity contribution >= 4 is 26.7 Å². The Morgan fingerprint density at radius 3 is 2.38 bits per heavy atom. The number of aryl methyl sites for hydroxylation is 1. The molecule has 34 heavy (non-hydrogen) atoms. The predicted octanol–water partition coefficient (Wildman–Crippen LogP) is 2.88. The third-order valence-corrected chi connectivity index (χ3v) is 7.66. The van der Waals surface area contributed by atoms with Crippen molar-refractivity contribution in [3.63, 3.8) is 0 Å². The Balaban J connectivity index is 1.90. The zero-order chi connectivity index (χ0) is 24.6. The number of ether oxygens (including phenoxy) is 2. The molecule has 184 valence electrons. The zero-order valence-corrected chi connectivity index (χ0v) is 20.8. The first-order valence-electron chi connectivity index (χ1n) is 11.2. The predicted molar refractivity (Wildman–Crippen MR) is 132 cm³/mol. The van der Waals surface area contributed by atoms with E-state index in [-0.39, 0.29) is 23.9 Å². The largest absolute Gasteiger partial charge is 0.385 e. The Morgan fingerprint density at radius 1 is 0.941 bits per heavy atom. The van der Waals surface area contributed by atoms with E-state index in [1.807, 2.05) is 54.2 Å². The number of aromatic nitrogens is 1. The fourth-order valence-electron chi connectivity index (χ4n) is 3.83. The minimum absolute atomic E-state index is 0.174. The molecular formula is C25H33N3O5S. The molecule has 0 radical (unpaired) electrons. The van der Waals surface area contributed by atoms with Gasteiger partial charge in [0.1, 0.15) is 0 Å². The van der Waals surface area contributed by atoms with Crippen LogP contribution in [0.15, 0.2) is 65.7 Å². The van der Waals surface area contributed by atoms with Gasteiger partial charge < -0.3 is 18.9 Å². The van der Waals surface area contributed by atoms with Crippen LogP contribution in [0.3, 0.4) is 0 Å². The number of nitrogens with zero attached hydrogens (tertiary/aromatic N) is 3. The lowest BCUT2D eigenvalue weighted by Crippen LogP contribution is -2.44. The fraction of sp³-hybridized carbons (Fsp3) is 0.400. The molecule has 0 aliphatic carbocycles. The lowest BCUT2D eigenvalue weighted by Gasteiger charge is -2.27. The molecule has 8 nitrogen and oxygen atoms in total. The van der Waals surface area contributed by atoms with Gasteiger partial charge >= 0.3 is 0 Å². The number of hydrogen-bond donors (Lipinski definition) is 0. The maximum absolute atomic E-state index is 13.8. The number of fused-ring (bicyclic) bond motifs is 1. The standard InChI is InChI=1S/C25H33N3O5S/c1-26-14-7-11-22(26)19-27(16-18-33-3)25(29)20-28(15-8-17-32-2)34(30,31)24-13-6-10-21-9-4-5-12-23(21)24/h4-7,9-14H,8,15-20H2,1-3H3. The van der Waals surface area contributed by atoms with Crippen LogP contribution in [-0.2, 0) is 37.9 Å². The fourth-order valence-corrected chi connectivity index (χ4v) is 5.47. The molecule has 3 rings (SSSR count). The highest BCUT2D eigenvalue weighted by molar-refractivity contribution is 7.89. The first-order chi connectivity index (χ1) is 16.4. The highest BCUT2D eigenvalue weighted by Gasteiger charge is 2.29. The molecule has 0 spiro atoms. The minimum Gasteiger partial charge on any atom is -0.385 e. The monoisotopic (exact) mass is 487 g/mol. The van der Waals surface area contributed by atoms with E-state index >= 15 is 0 Å². The molecule has 2 aromatic carbocycles. The van der Waals surface area contributed by atoms with Crippen molar-refractivity contribution in [2.45, 2.75) is 17.9 Å². The smallest absolute Gasteiger partial charge is 0.244 e. The molecule has 0 aliphatic rings. The lowest BCUT2D eigenvalue weighted by atomic mass is 10.1. The number of rotatable bonds is 13. The summed E-state index contributed by atoms with van der Waals surface area (Å²) in [7, 11) is 1.13. The SMILES string of the molecule is COCCCN(CC(=O)N(CCOC)Cc1cccn1C)S(=O)(=O)c1cccc2ccccc12. The van der Waals surface area contributed by atoms with Gasteiger partial charge in [-0.05, 0) is 30.0 Å². The van der Waals surface area contributed by atoms with Crippen LogP contribution in [0.2, 0.25) is 0 Å². The summed E-state index contributed by atoms with van der Waals surface area (Å²) in [6.45, 7) is 1.39. The molecule has 0 bridgehead atoms. The summed E-state index contributed by atoms with van der Waals surface area (Å²) in [6.07, 6.45) is 2.39. The molecule has 9 heteroatoms. The average Bonchev–Trinajstić information content (AvgIpc) is 3.24. The molecule has 1 aromatic heterocycles. The Hall–Kier alpha value is -2.72. The Kier molecular flexibility index (Phi) is 9.23. The van der Waals surface area contributed by atoms with Crippen molar-refractivity contribution in [3.05, 3.63) is 66.5 Å². The minimum atomic E-state index is -3.93. The van der Waals surface area contributed by atoms with Crippen LogP contribution >= 0.6 is 0 Å². The van der Waals surface area contributed by atoms with Gasteiger partial charge in [0.25, 0.3) is 0 Å². The molecule has 0 saturated carbocycles. The highest BCUT2D eigenvalue weighted by atomic mass is 32.2. The molecule has 0 fully saturated rings. The van der Waals surface area contributed by atoms with Gasteiger partial charge in [-0.3, -0.25) is 4.79 Å². The quantitative estimate of drug-likeness (QED) is 0.346. The number of benzene rings is 2. The summed E-state index contributed by atoms with van der Waals surface area (Å²) in [5.74, 6) is -0.278. The second-order valence-electron chi connectivity index (χ2n) is 8.08. The Morgan fingerprint density at radius 2 is 1.68 bits per heavy atom. The van der Waals surface area contributed by atoms with E-state index < -0.39 is 10.0 Å². The second kappa shape index (κ2) is 12.1. The van der Waals surface area contributed by atoms with Crippen molar-refractivity contribution in [3.8, 4) is 0 Å². The average molecular weight is 488 g/mol. The molecule has 0 unspecified atom stereocenters. The Labute approximate surface area is 201 Å². The van der Waals surface area contributed by atoms with E-state index in [9.17, 15) is 13.2 Å². The third-order valence-electron chi connectivity index (χ3n) is 5.76. The maximum Gasteiger partial charge on any atom is 0.244 e. The Bertz CT molecular complexity index is 1190. The van der Waals surface area contributed by atoms with Gasteiger partial charge in [0, 0.05) is 58.2 Å². The summed E-state index contributed by atoms with van der Waals surface area (Å²) in [4.78, 5) is 15.2. The molecular weight excluding hydrogens is 454 g/mol. The first-order valence-corrected chi connectivity index (χ1v) is 12.7. The number of hydrogen-bond acceptors (Lipinski definition) is 5. The van der Waals surface area contributed by atoms with Crippen LogP contribution in [-0.4, -0.2) is 75.2 Å². The summed E-state index contributed by atoms with van der Waals surface area (Å²) in [6, 6.07) is 16.4. The summed E-state index contributed by atoms with van der Waals surface area (Å²) < 4.78 is 41.1. The summed E-state index contributed by atoms with van der Waals surface area (Å²) >= 11 is 0. The van der Waals surface area contributed by atoms with E-state index in [1.54, 1.807) is 37.3 Å². The normalized spacial score (nSPS) is 11.9. The summed E-state index contributed by atoms with van der Waals surface area (Å²) in [5, 5.41) is 1.46. The molecule has 3 aromatic rings. The van der Waals surface area contributed by atoms with Gasteiger partial charge in [-0.2, -0.15) is 4.31 Å². The molecule has 1 amide bonds. The van der Waals surface area contributed by atoms with E-state index in [4.69, 9.17) is 9.47 Å². The van der Waals surface area contributed by atoms with Gasteiger partial charge in [-0.15, -0.1) is 0 Å². The van der Waals surface area contributed by atoms with E-state index in [0.717, 1.165) is 11.1 Å². The number of methoxy groups -OCH3 is 2. The third kappa shape index (κ3) is 6.24. The number of carbonyl (C=O) groups excluding carboxylic acids is 1. The molecule has 0 saturated heterocycles. The maximum atomic E-state index is 13.8. The molecule has 0 aliphatic heterocycles. The van der Waals surface area contributed by atoms with Crippen LogP contribution in [0.5, 0.6) is 0 Å². The van der Waals surface area contributed by atoms with E-state index in [1.165, 1.54) is 4.31 Å². The van der Waals surface area contributed by atoms with Crippen molar-refractivity contribution in [2.75, 3.05) is 47.1 Å². The number of amides is 1. The van der Waals surface area contributed by atoms with Crippen LogP contribution in [0.1, 0.15) is 12.1 Å². The molecule has 1 heterocycles. The van der Waals surface area contributed by atoms with Crippen molar-refractivity contribution in [1.82, 2.24) is 13.8 Å². The molecule has 0 N–H and O–H groups in total. The van der Waals surface area contributed by atoms with Crippen LogP contribution in [0.4, 0.5) is 0 Å². The first kappa shape index (κ1) is 25.9. The van der Waals surface area contributed by atoms with Crippen LogP contribution in [0.25, 0.3) is 10.8 Å². The topological polar surface area (TPSA) is 81.1 Å². The van der Waals surface area contributed by atoms with Gasteiger partial charge in [-0.25, -0.2) is 8.42 Å². The number of sulfonamides is 1. The highest BCUT2D eigenvalue weighted by Crippen LogP contribution is 2.26. The van der Waals surface area contributed by atoms with Crippen molar-refractivity contribution < 1.29 is 22.7 Å². The van der Waals surface area contributed by atoms with Gasteiger partial charge in [0.15, 0.2) is 0 Å². The van der Waals surface area contributed by atoms with Gasteiger partial charge in [0.2, 0.25) is 15.9 Å². The van der Waals surface area contributed by atoms with Crippen LogP contribution < -0.4 is 0 Å². The number of carbonyl (C=O) groups is 1. The second-order valence-corrected chi connectivity index (χ2v) is 9.99. The van der Waals surface area contributed by atoms with Gasteiger partial charge in [-0.1, -0.05) is 36.4 Å². The molecule has 0 atom stereocenters. The van der Waals surface area contributed by atoms with Gasteiger partial charge in [0.05, 0.1) is 24.6 Å². The van der Waals surface area contributed by atoms with E-state index in [0.29, 0.717) is 38.1 Å². The van der Waals surface area contributed by atoms with Crippen molar-refractivity contribution in [2.24, 2.45) is 7.05 Å². The van der Waals surface area contributed by atoms with Crippen molar-refractivity contribution in [1.29, 1.82) is 0 Å². The summed E-state index contributed by atoms with van der Waals surface area (Å²) in [5.41, 5.74) is 0.951. The van der Waals surface area contributed by atoms with Crippen LogP contribution in [0, 0.1) is 0 Å².